The number of amides is 3. The van der Waals surface area contributed by atoms with Gasteiger partial charge in [-0.05, 0) is 12.5 Å². The smallest absolute Gasteiger partial charge is 0.272 e. The Kier molecular flexibility index (Phi) is 5.97. The van der Waals surface area contributed by atoms with Crippen molar-refractivity contribution in [3.63, 3.8) is 0 Å². The molecule has 0 saturated heterocycles. The lowest BCUT2D eigenvalue weighted by Gasteiger charge is -2.40. The zero-order chi connectivity index (χ0) is 21.0. The van der Waals surface area contributed by atoms with E-state index in [9.17, 15) is 14.4 Å². The minimum atomic E-state index is -1.13. The molecule has 3 rings (SSSR count). The van der Waals surface area contributed by atoms with Crippen molar-refractivity contribution in [2.45, 2.75) is 25.6 Å². The van der Waals surface area contributed by atoms with Crippen molar-refractivity contribution in [3.05, 3.63) is 53.3 Å². The topological polar surface area (TPSA) is 106 Å². The first-order valence-electron chi connectivity index (χ1n) is 9.32. The highest BCUT2D eigenvalue weighted by molar-refractivity contribution is 6.01. The maximum Gasteiger partial charge on any atom is 0.272 e. The van der Waals surface area contributed by atoms with E-state index in [1.807, 2.05) is 30.3 Å². The first-order valence-corrected chi connectivity index (χ1v) is 9.32. The van der Waals surface area contributed by atoms with Crippen LogP contribution in [0.25, 0.3) is 0 Å². The van der Waals surface area contributed by atoms with Crippen molar-refractivity contribution in [1.82, 2.24) is 25.3 Å². The van der Waals surface area contributed by atoms with Crippen LogP contribution in [0, 0.1) is 0 Å². The van der Waals surface area contributed by atoms with Gasteiger partial charge in [-0.2, -0.15) is 5.10 Å². The predicted molar refractivity (Wildman–Crippen MR) is 105 cm³/mol. The molecule has 1 atom stereocenters. The fourth-order valence-electron chi connectivity index (χ4n) is 3.16. The first-order chi connectivity index (χ1) is 13.9. The number of nitrogens with one attached hydrogen (secondary N) is 2. The van der Waals surface area contributed by atoms with Crippen molar-refractivity contribution >= 4 is 17.7 Å². The number of hydrogen-bond acceptors (Lipinski definition) is 5. The summed E-state index contributed by atoms with van der Waals surface area (Å²) in [4.78, 5) is 39.4. The number of methoxy groups -OCH3 is 1. The number of ether oxygens (including phenoxy) is 1. The molecule has 1 aromatic heterocycles. The maximum atomic E-state index is 12.9. The molecule has 0 aliphatic carbocycles. The quantitative estimate of drug-likeness (QED) is 0.657. The van der Waals surface area contributed by atoms with Crippen LogP contribution in [0.4, 0.5) is 0 Å². The molecule has 1 aromatic carbocycles. The van der Waals surface area contributed by atoms with Crippen LogP contribution in [0.5, 0.6) is 0 Å². The molecule has 2 aromatic rings. The van der Waals surface area contributed by atoms with Gasteiger partial charge in [-0.15, -0.1) is 0 Å². The van der Waals surface area contributed by atoms with Crippen LogP contribution in [0.15, 0.2) is 36.4 Å². The van der Waals surface area contributed by atoms with Crippen LogP contribution in [-0.4, -0.2) is 65.2 Å². The molecular weight excluding hydrogens is 374 g/mol. The Bertz CT molecular complexity index is 911. The average Bonchev–Trinajstić information content (AvgIpc) is 3.15. The van der Waals surface area contributed by atoms with Crippen molar-refractivity contribution in [2.75, 3.05) is 27.3 Å². The van der Waals surface area contributed by atoms with Gasteiger partial charge in [0.15, 0.2) is 5.69 Å². The van der Waals surface area contributed by atoms with E-state index in [4.69, 9.17) is 4.74 Å². The van der Waals surface area contributed by atoms with Crippen LogP contribution in [0.1, 0.15) is 33.5 Å². The summed E-state index contributed by atoms with van der Waals surface area (Å²) in [5.41, 5.74) is 0.239. The minimum Gasteiger partial charge on any atom is -0.383 e. The molecule has 9 heteroatoms. The molecule has 2 N–H and O–H groups in total. The SMILES string of the molecule is COCCNC(=O)c1cc2n(n1)C[C@](C)(C(=O)NCc1ccccc1)N(C)C2=O. The van der Waals surface area contributed by atoms with E-state index < -0.39 is 11.4 Å². The molecule has 0 bridgehead atoms. The van der Waals surface area contributed by atoms with Crippen LogP contribution < -0.4 is 10.6 Å². The first kappa shape index (κ1) is 20.5. The number of benzene rings is 1. The lowest BCUT2D eigenvalue weighted by Crippen LogP contribution is -2.62. The third-order valence-electron chi connectivity index (χ3n) is 5.11. The van der Waals surface area contributed by atoms with E-state index in [1.165, 1.54) is 15.6 Å². The molecule has 29 heavy (non-hydrogen) atoms. The molecule has 1 aliphatic rings. The summed E-state index contributed by atoms with van der Waals surface area (Å²) in [7, 11) is 3.12. The molecule has 3 amide bonds. The number of hydrogen-bond donors (Lipinski definition) is 2. The van der Waals surface area contributed by atoms with Gasteiger partial charge >= 0.3 is 0 Å². The lowest BCUT2D eigenvalue weighted by atomic mass is 9.96. The second-order valence-corrected chi connectivity index (χ2v) is 7.13. The van der Waals surface area contributed by atoms with Gasteiger partial charge < -0.3 is 20.3 Å². The van der Waals surface area contributed by atoms with Gasteiger partial charge in [-0.1, -0.05) is 30.3 Å². The molecule has 154 valence electrons. The fraction of sp³-hybridized carbons (Fsp3) is 0.400. The molecular formula is C20H25N5O4. The summed E-state index contributed by atoms with van der Waals surface area (Å²) >= 11 is 0. The Labute approximate surface area is 169 Å². The van der Waals surface area contributed by atoms with Crippen LogP contribution >= 0.6 is 0 Å². The Morgan fingerprint density at radius 2 is 1.97 bits per heavy atom. The van der Waals surface area contributed by atoms with Gasteiger partial charge in [0.1, 0.15) is 11.2 Å². The molecule has 2 heterocycles. The van der Waals surface area contributed by atoms with Gasteiger partial charge in [0, 0.05) is 33.3 Å². The van der Waals surface area contributed by atoms with Gasteiger partial charge in [-0.25, -0.2) is 0 Å². The number of carbonyl (C=O) groups excluding carboxylic acids is 3. The van der Waals surface area contributed by atoms with Gasteiger partial charge in [0.25, 0.3) is 11.8 Å². The van der Waals surface area contributed by atoms with Crippen LogP contribution in [0.2, 0.25) is 0 Å². The zero-order valence-corrected chi connectivity index (χ0v) is 16.8. The second kappa shape index (κ2) is 8.44. The lowest BCUT2D eigenvalue weighted by molar-refractivity contribution is -0.132. The third kappa shape index (κ3) is 4.14. The molecule has 0 spiro atoms. The van der Waals surface area contributed by atoms with Gasteiger partial charge in [0.2, 0.25) is 5.91 Å². The predicted octanol–water partition coefficient (Wildman–Crippen LogP) is 0.420. The van der Waals surface area contributed by atoms with Crippen molar-refractivity contribution in [3.8, 4) is 0 Å². The highest BCUT2D eigenvalue weighted by Crippen LogP contribution is 2.26. The fourth-order valence-corrected chi connectivity index (χ4v) is 3.16. The largest absolute Gasteiger partial charge is 0.383 e. The monoisotopic (exact) mass is 399 g/mol. The Morgan fingerprint density at radius 3 is 2.66 bits per heavy atom. The van der Waals surface area contributed by atoms with E-state index >= 15 is 0 Å². The molecule has 0 fully saturated rings. The molecule has 0 saturated carbocycles. The summed E-state index contributed by atoms with van der Waals surface area (Å²) < 4.78 is 6.33. The normalized spacial score (nSPS) is 18.3. The molecule has 0 radical (unpaired) electrons. The van der Waals surface area contributed by atoms with Crippen LogP contribution in [0.3, 0.4) is 0 Å². The number of nitrogens with zero attached hydrogens (tertiary/aromatic N) is 3. The number of rotatable bonds is 7. The highest BCUT2D eigenvalue weighted by Gasteiger charge is 2.46. The van der Waals surface area contributed by atoms with E-state index in [1.54, 1.807) is 21.1 Å². The summed E-state index contributed by atoms with van der Waals surface area (Å²) in [5.74, 6) is -1.05. The summed E-state index contributed by atoms with van der Waals surface area (Å²) in [6.45, 7) is 2.91. The highest BCUT2D eigenvalue weighted by atomic mass is 16.5. The van der Waals surface area contributed by atoms with Gasteiger partial charge in [-0.3, -0.25) is 19.1 Å². The summed E-state index contributed by atoms with van der Waals surface area (Å²) in [6, 6.07) is 11.0. The van der Waals surface area contributed by atoms with Gasteiger partial charge in [0.05, 0.1) is 13.2 Å². The van der Waals surface area contributed by atoms with Crippen molar-refractivity contribution in [2.24, 2.45) is 0 Å². The number of likely N-dealkylation sites (N-methyl/N-ethyl adjacent to an activating group) is 1. The van der Waals surface area contributed by atoms with E-state index in [0.717, 1.165) is 5.56 Å². The van der Waals surface area contributed by atoms with E-state index in [-0.39, 0.29) is 29.7 Å². The van der Waals surface area contributed by atoms with E-state index in [0.29, 0.717) is 19.7 Å². The zero-order valence-electron chi connectivity index (χ0n) is 16.8. The number of carbonyl (C=O) groups is 3. The van der Waals surface area contributed by atoms with Crippen LogP contribution in [-0.2, 0) is 22.6 Å². The second-order valence-electron chi connectivity index (χ2n) is 7.13. The maximum absolute atomic E-state index is 12.9. The number of fused-ring (bicyclic) bond motifs is 1. The minimum absolute atomic E-state index is 0.131. The standard InChI is InChI=1S/C20H25N5O4/c1-20(19(28)22-12-14-7-5-4-6-8-14)13-25-16(18(27)24(20)2)11-15(23-25)17(26)21-9-10-29-3/h4-8,11H,9-10,12-13H2,1-3H3,(H,21,26)(H,22,28)/t20-/m1/s1. The van der Waals surface area contributed by atoms with Crippen molar-refractivity contribution in [1.29, 1.82) is 0 Å². The Balaban J connectivity index is 1.75. The Morgan fingerprint density at radius 1 is 1.24 bits per heavy atom. The average molecular weight is 399 g/mol. The Hall–Kier alpha value is -3.20. The molecule has 0 unspecified atom stereocenters. The summed E-state index contributed by atoms with van der Waals surface area (Å²) in [5, 5.41) is 9.81. The molecule has 1 aliphatic heterocycles. The molecule has 9 nitrogen and oxygen atoms in total. The summed E-state index contributed by atoms with van der Waals surface area (Å²) in [6.07, 6.45) is 0. The van der Waals surface area contributed by atoms with Crippen molar-refractivity contribution < 1.29 is 19.1 Å². The van der Waals surface area contributed by atoms with E-state index in [2.05, 4.69) is 15.7 Å². The third-order valence-corrected chi connectivity index (χ3v) is 5.11. The number of aromatic nitrogens is 2.